The quantitative estimate of drug-likeness (QED) is 0.734. The highest BCUT2D eigenvalue weighted by molar-refractivity contribution is 7.99. The maximum atomic E-state index is 3.68. The third kappa shape index (κ3) is 4.67. The Hall–Kier alpha value is 0.310. The topological polar surface area (TPSA) is 12.0 Å². The van der Waals surface area contributed by atoms with E-state index in [-0.39, 0.29) is 0 Å². The Bertz CT molecular complexity index is 152. The van der Waals surface area contributed by atoms with Crippen LogP contribution in [-0.2, 0) is 0 Å². The first-order valence-electron chi connectivity index (χ1n) is 7.27. The molecule has 0 bridgehead atoms. The van der Waals surface area contributed by atoms with E-state index in [1.54, 1.807) is 0 Å². The Morgan fingerprint density at radius 3 is 2.50 bits per heavy atom. The molecule has 2 fully saturated rings. The van der Waals surface area contributed by atoms with Gasteiger partial charge in [-0.05, 0) is 37.5 Å². The fraction of sp³-hybridized carbons (Fsp3) is 1.00. The monoisotopic (exact) mass is 241 g/mol. The van der Waals surface area contributed by atoms with E-state index in [1.165, 1.54) is 76.6 Å². The minimum absolute atomic E-state index is 0.917. The van der Waals surface area contributed by atoms with Gasteiger partial charge in [0.05, 0.1) is 0 Å². The van der Waals surface area contributed by atoms with Gasteiger partial charge < -0.3 is 5.32 Å². The second-order valence-electron chi connectivity index (χ2n) is 5.49. The van der Waals surface area contributed by atoms with E-state index >= 15 is 0 Å². The normalized spacial score (nSPS) is 28.1. The molecule has 1 nitrogen and oxygen atoms in total. The summed E-state index contributed by atoms with van der Waals surface area (Å²) < 4.78 is 0. The Kier molecular flexibility index (Phi) is 6.06. The predicted octanol–water partition coefficient (Wildman–Crippen LogP) is 3.83. The molecule has 94 valence electrons. The van der Waals surface area contributed by atoms with Gasteiger partial charge in [-0.1, -0.05) is 38.5 Å². The van der Waals surface area contributed by atoms with Crippen molar-refractivity contribution in [1.82, 2.24) is 5.32 Å². The summed E-state index contributed by atoms with van der Waals surface area (Å²) in [6.07, 6.45) is 13.2. The van der Waals surface area contributed by atoms with Crippen molar-refractivity contribution in [2.45, 2.75) is 63.0 Å². The van der Waals surface area contributed by atoms with Crippen LogP contribution in [0.4, 0.5) is 0 Å². The molecular weight excluding hydrogens is 214 g/mol. The molecule has 1 saturated heterocycles. The van der Waals surface area contributed by atoms with Gasteiger partial charge in [0.1, 0.15) is 0 Å². The Morgan fingerprint density at radius 1 is 0.938 bits per heavy atom. The summed E-state index contributed by atoms with van der Waals surface area (Å²) in [4.78, 5) is 0. The maximum absolute atomic E-state index is 3.68. The minimum Gasteiger partial charge on any atom is -0.316 e. The van der Waals surface area contributed by atoms with Crippen molar-refractivity contribution in [3.63, 3.8) is 0 Å². The van der Waals surface area contributed by atoms with Crippen molar-refractivity contribution in [2.75, 3.05) is 18.8 Å². The van der Waals surface area contributed by atoms with E-state index < -0.39 is 0 Å². The van der Waals surface area contributed by atoms with Crippen LogP contribution in [0, 0.1) is 5.92 Å². The average Bonchev–Trinajstić information content (AvgIpc) is 2.37. The average molecular weight is 241 g/mol. The Labute approximate surface area is 105 Å². The number of rotatable bonds is 5. The van der Waals surface area contributed by atoms with Crippen molar-refractivity contribution in [2.24, 2.45) is 5.92 Å². The van der Waals surface area contributed by atoms with Crippen molar-refractivity contribution in [3.05, 3.63) is 0 Å². The summed E-state index contributed by atoms with van der Waals surface area (Å²) in [5.41, 5.74) is 0. The van der Waals surface area contributed by atoms with Gasteiger partial charge in [0.2, 0.25) is 0 Å². The van der Waals surface area contributed by atoms with E-state index in [0.29, 0.717) is 0 Å². The van der Waals surface area contributed by atoms with Gasteiger partial charge in [-0.15, -0.1) is 0 Å². The first-order chi connectivity index (χ1) is 7.95. The molecule has 1 saturated carbocycles. The van der Waals surface area contributed by atoms with Crippen molar-refractivity contribution in [3.8, 4) is 0 Å². The van der Waals surface area contributed by atoms with Gasteiger partial charge >= 0.3 is 0 Å². The van der Waals surface area contributed by atoms with Crippen LogP contribution in [0.25, 0.3) is 0 Å². The van der Waals surface area contributed by atoms with E-state index in [9.17, 15) is 0 Å². The summed E-state index contributed by atoms with van der Waals surface area (Å²) in [5, 5.41) is 4.60. The summed E-state index contributed by atoms with van der Waals surface area (Å²) in [7, 11) is 0. The molecule has 2 rings (SSSR count). The summed E-state index contributed by atoms with van der Waals surface area (Å²) in [6, 6.07) is 0. The number of hydrogen-bond donors (Lipinski definition) is 1. The lowest BCUT2D eigenvalue weighted by Gasteiger charge is -2.24. The summed E-state index contributed by atoms with van der Waals surface area (Å²) in [5.74, 6) is 2.44. The lowest BCUT2D eigenvalue weighted by atomic mass is 9.87. The van der Waals surface area contributed by atoms with Crippen LogP contribution in [-0.4, -0.2) is 24.1 Å². The van der Waals surface area contributed by atoms with E-state index in [0.717, 1.165) is 11.2 Å². The molecule has 0 amide bonds. The van der Waals surface area contributed by atoms with Gasteiger partial charge in [-0.3, -0.25) is 0 Å². The van der Waals surface area contributed by atoms with Crippen LogP contribution in [0.3, 0.4) is 0 Å². The number of nitrogens with one attached hydrogen (secondary N) is 1. The van der Waals surface area contributed by atoms with E-state index in [2.05, 4.69) is 17.1 Å². The third-order valence-electron chi connectivity index (χ3n) is 4.10. The highest BCUT2D eigenvalue weighted by Gasteiger charge is 2.15. The molecule has 0 spiro atoms. The fourth-order valence-electron chi connectivity index (χ4n) is 3.01. The van der Waals surface area contributed by atoms with Gasteiger partial charge in [-0.2, -0.15) is 11.8 Å². The summed E-state index contributed by atoms with van der Waals surface area (Å²) in [6.45, 7) is 2.53. The van der Waals surface area contributed by atoms with E-state index in [4.69, 9.17) is 0 Å². The van der Waals surface area contributed by atoms with Crippen LogP contribution in [0.1, 0.15) is 57.8 Å². The largest absolute Gasteiger partial charge is 0.316 e. The van der Waals surface area contributed by atoms with Crippen molar-refractivity contribution < 1.29 is 0 Å². The molecule has 1 aliphatic carbocycles. The first kappa shape index (κ1) is 12.8. The zero-order valence-corrected chi connectivity index (χ0v) is 11.4. The number of thioether (sulfide) groups is 1. The van der Waals surface area contributed by atoms with Crippen LogP contribution in [0.5, 0.6) is 0 Å². The molecule has 2 aliphatic rings. The molecular formula is C14H27NS. The van der Waals surface area contributed by atoms with Crippen molar-refractivity contribution >= 4 is 11.8 Å². The third-order valence-corrected chi connectivity index (χ3v) is 5.50. The molecule has 0 aromatic heterocycles. The van der Waals surface area contributed by atoms with Gasteiger partial charge in [-0.25, -0.2) is 0 Å². The van der Waals surface area contributed by atoms with Crippen molar-refractivity contribution in [1.29, 1.82) is 0 Å². The van der Waals surface area contributed by atoms with Gasteiger partial charge in [0, 0.05) is 11.8 Å². The minimum atomic E-state index is 0.917. The lowest BCUT2D eigenvalue weighted by molar-refractivity contribution is 0.334. The molecule has 16 heavy (non-hydrogen) atoms. The molecule has 0 aromatic rings. The zero-order chi connectivity index (χ0) is 11.1. The molecule has 1 N–H and O–H groups in total. The Morgan fingerprint density at radius 2 is 1.75 bits per heavy atom. The van der Waals surface area contributed by atoms with Crippen LogP contribution in [0.2, 0.25) is 0 Å². The molecule has 1 atom stereocenters. The Balaban J connectivity index is 1.47. The first-order valence-corrected chi connectivity index (χ1v) is 8.32. The van der Waals surface area contributed by atoms with E-state index in [1.807, 2.05) is 0 Å². The zero-order valence-electron chi connectivity index (χ0n) is 10.5. The lowest BCUT2D eigenvalue weighted by Crippen LogP contribution is -2.28. The standard InChI is InChI=1S/C14H27NS/c1-2-6-13(7-3-1)9-10-15-12-14-8-4-5-11-16-14/h13-15H,1-12H2. The molecule has 1 aliphatic heterocycles. The predicted molar refractivity (Wildman–Crippen MR) is 74.2 cm³/mol. The van der Waals surface area contributed by atoms with Gasteiger partial charge in [0.15, 0.2) is 0 Å². The molecule has 2 heteroatoms. The van der Waals surface area contributed by atoms with Crippen LogP contribution < -0.4 is 5.32 Å². The highest BCUT2D eigenvalue weighted by atomic mass is 32.2. The molecule has 0 radical (unpaired) electrons. The van der Waals surface area contributed by atoms with Crippen LogP contribution in [0.15, 0.2) is 0 Å². The summed E-state index contributed by atoms with van der Waals surface area (Å²) >= 11 is 2.19. The maximum Gasteiger partial charge on any atom is 0.0172 e. The van der Waals surface area contributed by atoms with Gasteiger partial charge in [0.25, 0.3) is 0 Å². The molecule has 1 heterocycles. The number of hydrogen-bond acceptors (Lipinski definition) is 2. The second-order valence-corrected chi connectivity index (χ2v) is 6.89. The molecule has 1 unspecified atom stereocenters. The second kappa shape index (κ2) is 7.60. The molecule has 0 aromatic carbocycles. The van der Waals surface area contributed by atoms with Crippen LogP contribution >= 0.6 is 11.8 Å². The SMILES string of the molecule is C1CCC(CCNCC2CCCCS2)CC1. The fourth-order valence-corrected chi connectivity index (χ4v) is 4.29. The highest BCUT2D eigenvalue weighted by Crippen LogP contribution is 2.26. The smallest absolute Gasteiger partial charge is 0.0172 e.